The molecule has 1 unspecified atom stereocenters. The van der Waals surface area contributed by atoms with E-state index in [4.69, 9.17) is 11.6 Å². The summed E-state index contributed by atoms with van der Waals surface area (Å²) in [6.07, 6.45) is 0.818. The summed E-state index contributed by atoms with van der Waals surface area (Å²) >= 11 is 9.19. The molecule has 2 N–H and O–H groups in total. The van der Waals surface area contributed by atoms with Crippen LogP contribution in [-0.4, -0.2) is 5.11 Å². The Bertz CT molecular complexity index is 636. The first-order chi connectivity index (χ1) is 10.0. The number of phenols is 1. The van der Waals surface area contributed by atoms with Gasteiger partial charge in [0.15, 0.2) is 0 Å². The average molecular weight is 373 g/mol. The fourth-order valence-corrected chi connectivity index (χ4v) is 2.75. The zero-order valence-electron chi connectivity index (χ0n) is 11.5. The maximum atomic E-state index is 13.1. The van der Waals surface area contributed by atoms with Crippen LogP contribution in [0.4, 0.5) is 4.39 Å². The molecule has 0 amide bonds. The van der Waals surface area contributed by atoms with Crippen molar-refractivity contribution in [3.8, 4) is 5.75 Å². The van der Waals surface area contributed by atoms with Gasteiger partial charge in [0.2, 0.25) is 0 Å². The molecule has 0 aliphatic heterocycles. The van der Waals surface area contributed by atoms with Crippen molar-refractivity contribution < 1.29 is 9.50 Å². The lowest BCUT2D eigenvalue weighted by atomic mass is 10.0. The van der Waals surface area contributed by atoms with E-state index < -0.39 is 5.82 Å². The van der Waals surface area contributed by atoms with Crippen molar-refractivity contribution in [3.63, 3.8) is 0 Å². The van der Waals surface area contributed by atoms with Gasteiger partial charge in [-0.1, -0.05) is 40.5 Å². The maximum absolute atomic E-state index is 13.1. The number of phenolic OH excluding ortho intramolecular Hbond substituents is 1. The quantitative estimate of drug-likeness (QED) is 0.757. The van der Waals surface area contributed by atoms with Gasteiger partial charge < -0.3 is 10.4 Å². The Hall–Kier alpha value is -1.10. The summed E-state index contributed by atoms with van der Waals surface area (Å²) < 4.78 is 14.1. The first-order valence-corrected chi connectivity index (χ1v) is 7.84. The van der Waals surface area contributed by atoms with Crippen LogP contribution in [0.3, 0.4) is 0 Å². The Morgan fingerprint density at radius 1 is 1.29 bits per heavy atom. The summed E-state index contributed by atoms with van der Waals surface area (Å²) in [7, 11) is 0. The summed E-state index contributed by atoms with van der Waals surface area (Å²) in [4.78, 5) is 0. The van der Waals surface area contributed by atoms with E-state index >= 15 is 0 Å². The Morgan fingerprint density at radius 3 is 2.71 bits per heavy atom. The van der Waals surface area contributed by atoms with Gasteiger partial charge in [-0.05, 0) is 42.3 Å². The molecule has 0 saturated carbocycles. The molecule has 0 fully saturated rings. The Balaban J connectivity index is 2.12. The summed E-state index contributed by atoms with van der Waals surface area (Å²) in [5, 5.41) is 13.5. The minimum absolute atomic E-state index is 0.00586. The SMILES string of the molecule is CCC(NCc1ccc(F)c(Cl)c1)c1cc(Br)ccc1O. The molecule has 2 rings (SSSR count). The van der Waals surface area contributed by atoms with E-state index in [9.17, 15) is 9.50 Å². The molecule has 0 bridgehead atoms. The molecule has 0 spiro atoms. The zero-order chi connectivity index (χ0) is 15.4. The van der Waals surface area contributed by atoms with Crippen molar-refractivity contribution in [2.24, 2.45) is 0 Å². The Labute approximate surface area is 137 Å². The van der Waals surface area contributed by atoms with Crippen LogP contribution in [0.5, 0.6) is 5.75 Å². The molecule has 2 nitrogen and oxygen atoms in total. The molecule has 0 saturated heterocycles. The molecule has 112 valence electrons. The molecule has 0 heterocycles. The van der Waals surface area contributed by atoms with Crippen molar-refractivity contribution in [1.82, 2.24) is 5.32 Å². The Kier molecular flexibility index (Phi) is 5.62. The van der Waals surface area contributed by atoms with Crippen LogP contribution in [0.15, 0.2) is 40.9 Å². The third-order valence-corrected chi connectivity index (χ3v) is 4.09. The van der Waals surface area contributed by atoms with Gasteiger partial charge in [0.05, 0.1) is 5.02 Å². The number of hydrogen-bond donors (Lipinski definition) is 2. The van der Waals surface area contributed by atoms with Crippen LogP contribution < -0.4 is 5.32 Å². The van der Waals surface area contributed by atoms with Crippen molar-refractivity contribution >= 4 is 27.5 Å². The first kappa shape index (κ1) is 16.3. The lowest BCUT2D eigenvalue weighted by Crippen LogP contribution is -2.20. The second-order valence-electron chi connectivity index (χ2n) is 4.79. The van der Waals surface area contributed by atoms with E-state index in [2.05, 4.69) is 21.2 Å². The normalized spacial score (nSPS) is 12.4. The number of rotatable bonds is 5. The van der Waals surface area contributed by atoms with E-state index in [-0.39, 0.29) is 16.8 Å². The third-order valence-electron chi connectivity index (χ3n) is 3.31. The van der Waals surface area contributed by atoms with Crippen molar-refractivity contribution in [3.05, 3.63) is 62.8 Å². The molecule has 1 atom stereocenters. The van der Waals surface area contributed by atoms with Gasteiger partial charge in [-0.15, -0.1) is 0 Å². The molecule has 0 aliphatic rings. The number of aromatic hydroxyl groups is 1. The van der Waals surface area contributed by atoms with Crippen LogP contribution in [0.1, 0.15) is 30.5 Å². The fourth-order valence-electron chi connectivity index (χ4n) is 2.17. The monoisotopic (exact) mass is 371 g/mol. The van der Waals surface area contributed by atoms with E-state index in [1.165, 1.54) is 6.07 Å². The molecule has 0 aromatic heterocycles. The number of halogens is 3. The largest absolute Gasteiger partial charge is 0.508 e. The lowest BCUT2D eigenvalue weighted by Gasteiger charge is -2.19. The number of hydrogen-bond acceptors (Lipinski definition) is 2. The van der Waals surface area contributed by atoms with Gasteiger partial charge >= 0.3 is 0 Å². The van der Waals surface area contributed by atoms with Crippen molar-refractivity contribution in [2.45, 2.75) is 25.9 Å². The molecule has 0 aliphatic carbocycles. The predicted octanol–water partition coefficient (Wildman–Crippen LogP) is 5.19. The Morgan fingerprint density at radius 2 is 2.05 bits per heavy atom. The third kappa shape index (κ3) is 4.19. The van der Waals surface area contributed by atoms with E-state index in [1.54, 1.807) is 24.3 Å². The minimum atomic E-state index is -0.419. The van der Waals surface area contributed by atoms with E-state index in [0.29, 0.717) is 6.54 Å². The second-order valence-corrected chi connectivity index (χ2v) is 6.12. The van der Waals surface area contributed by atoms with Gasteiger partial charge in [-0.3, -0.25) is 0 Å². The first-order valence-electron chi connectivity index (χ1n) is 6.67. The zero-order valence-corrected chi connectivity index (χ0v) is 13.9. The van der Waals surface area contributed by atoms with Gasteiger partial charge in [-0.2, -0.15) is 0 Å². The summed E-state index contributed by atoms with van der Waals surface area (Å²) in [5.74, 6) is -0.160. The molecule has 0 radical (unpaired) electrons. The highest BCUT2D eigenvalue weighted by atomic mass is 79.9. The minimum Gasteiger partial charge on any atom is -0.508 e. The van der Waals surface area contributed by atoms with Gasteiger partial charge in [0.25, 0.3) is 0 Å². The highest BCUT2D eigenvalue weighted by Gasteiger charge is 2.14. The summed E-state index contributed by atoms with van der Waals surface area (Å²) in [6, 6.07) is 10.0. The molecule has 21 heavy (non-hydrogen) atoms. The number of benzene rings is 2. The standard InChI is InChI=1S/C16H16BrClFNO/c1-2-15(12-8-11(17)4-6-16(12)21)20-9-10-3-5-14(19)13(18)7-10/h3-8,15,20-21H,2,9H2,1H3. The van der Waals surface area contributed by atoms with Crippen LogP contribution in [0.25, 0.3) is 0 Å². The number of nitrogens with one attached hydrogen (secondary N) is 1. The van der Waals surface area contributed by atoms with Crippen LogP contribution >= 0.6 is 27.5 Å². The lowest BCUT2D eigenvalue weighted by molar-refractivity contribution is 0.440. The summed E-state index contributed by atoms with van der Waals surface area (Å²) in [6.45, 7) is 2.58. The highest BCUT2D eigenvalue weighted by Crippen LogP contribution is 2.29. The van der Waals surface area contributed by atoms with Crippen molar-refractivity contribution in [2.75, 3.05) is 0 Å². The van der Waals surface area contributed by atoms with Crippen LogP contribution in [-0.2, 0) is 6.54 Å². The molecular formula is C16H16BrClFNO. The molecular weight excluding hydrogens is 357 g/mol. The summed E-state index contributed by atoms with van der Waals surface area (Å²) in [5.41, 5.74) is 1.73. The highest BCUT2D eigenvalue weighted by molar-refractivity contribution is 9.10. The predicted molar refractivity (Wildman–Crippen MR) is 87.1 cm³/mol. The van der Waals surface area contributed by atoms with Crippen molar-refractivity contribution in [1.29, 1.82) is 0 Å². The van der Waals surface area contributed by atoms with Gasteiger partial charge in [0, 0.05) is 22.6 Å². The maximum Gasteiger partial charge on any atom is 0.141 e. The molecule has 5 heteroatoms. The van der Waals surface area contributed by atoms with E-state index in [0.717, 1.165) is 22.0 Å². The topological polar surface area (TPSA) is 32.3 Å². The van der Waals surface area contributed by atoms with Crippen LogP contribution in [0.2, 0.25) is 5.02 Å². The van der Waals surface area contributed by atoms with Gasteiger partial charge in [-0.25, -0.2) is 4.39 Å². The van der Waals surface area contributed by atoms with Gasteiger partial charge in [0.1, 0.15) is 11.6 Å². The molecule has 2 aromatic rings. The molecule has 2 aromatic carbocycles. The average Bonchev–Trinajstić information content (AvgIpc) is 2.46. The fraction of sp³-hybridized carbons (Fsp3) is 0.250. The van der Waals surface area contributed by atoms with E-state index in [1.807, 2.05) is 13.0 Å². The van der Waals surface area contributed by atoms with Crippen LogP contribution in [0, 0.1) is 5.82 Å². The second kappa shape index (κ2) is 7.25. The smallest absolute Gasteiger partial charge is 0.141 e.